The predicted octanol–water partition coefficient (Wildman–Crippen LogP) is 3.78. The summed E-state index contributed by atoms with van der Waals surface area (Å²) in [5.41, 5.74) is 0.875. The molecule has 0 aromatic heterocycles. The summed E-state index contributed by atoms with van der Waals surface area (Å²) in [6.45, 7) is 0. The van der Waals surface area contributed by atoms with Crippen LogP contribution < -0.4 is 10.6 Å². The lowest BCUT2D eigenvalue weighted by Gasteiger charge is -2.39. The van der Waals surface area contributed by atoms with Gasteiger partial charge in [0.05, 0.1) is 10.7 Å². The number of hydrogen-bond donors (Lipinski definition) is 2. The Labute approximate surface area is 142 Å². The highest BCUT2D eigenvalue weighted by molar-refractivity contribution is 7.80. The molecule has 1 aromatic rings. The Morgan fingerprint density at radius 3 is 2.32 bits per heavy atom. The number of thiocarbonyl (C=S) groups is 1. The molecule has 1 aromatic carbocycles. The zero-order valence-electron chi connectivity index (χ0n) is 12.6. The molecule has 4 rings (SSSR count). The van der Waals surface area contributed by atoms with Gasteiger partial charge in [0.25, 0.3) is 0 Å². The van der Waals surface area contributed by atoms with Crippen molar-refractivity contribution in [2.24, 2.45) is 0 Å². The summed E-state index contributed by atoms with van der Waals surface area (Å²) in [6, 6.07) is 10.7. The zero-order chi connectivity index (χ0) is 15.1. The third kappa shape index (κ3) is 2.97. The number of rotatable bonds is 3. The lowest BCUT2D eigenvalue weighted by Crippen LogP contribution is -2.51. The summed E-state index contributed by atoms with van der Waals surface area (Å²) in [7, 11) is 0. The first-order valence-corrected chi connectivity index (χ1v) is 9.09. The molecule has 2 saturated heterocycles. The van der Waals surface area contributed by atoms with E-state index in [0.29, 0.717) is 16.2 Å². The molecule has 118 valence electrons. The van der Waals surface area contributed by atoms with Crippen LogP contribution in [-0.2, 0) is 0 Å². The van der Waals surface area contributed by atoms with Gasteiger partial charge in [-0.15, -0.1) is 0 Å². The first-order chi connectivity index (χ1) is 10.7. The molecule has 2 aliphatic heterocycles. The molecule has 2 N–H and O–H groups in total. The van der Waals surface area contributed by atoms with Crippen LogP contribution in [0.2, 0.25) is 5.02 Å². The van der Waals surface area contributed by atoms with E-state index in [1.54, 1.807) is 0 Å². The van der Waals surface area contributed by atoms with Gasteiger partial charge in [0, 0.05) is 24.2 Å². The summed E-state index contributed by atoms with van der Waals surface area (Å²) in [6.07, 6.45) is 8.00. The van der Waals surface area contributed by atoms with Gasteiger partial charge in [0.15, 0.2) is 5.11 Å². The molecule has 3 nitrogen and oxygen atoms in total. The SMILES string of the molecule is S=C(Nc1ccccc1Cl)NC1C[C@@H]2CC[C@@H](C1)N2C1CC1. The second-order valence-corrected chi connectivity index (χ2v) is 7.63. The van der Waals surface area contributed by atoms with Gasteiger partial charge < -0.3 is 10.6 Å². The van der Waals surface area contributed by atoms with Crippen LogP contribution in [-0.4, -0.2) is 34.2 Å². The standard InChI is InChI=1S/C17H22ClN3S/c18-15-3-1-2-4-16(15)20-17(22)19-11-9-13-7-8-14(10-11)21(13)12-5-6-12/h1-4,11-14H,5-10H2,(H2,19,20,22)/t13-,14-/m0/s1. The van der Waals surface area contributed by atoms with E-state index in [4.69, 9.17) is 23.8 Å². The van der Waals surface area contributed by atoms with Crippen LogP contribution in [0.15, 0.2) is 24.3 Å². The van der Waals surface area contributed by atoms with Crippen LogP contribution >= 0.6 is 23.8 Å². The van der Waals surface area contributed by atoms with Crippen molar-refractivity contribution < 1.29 is 0 Å². The molecule has 1 aliphatic carbocycles. The summed E-state index contributed by atoms with van der Waals surface area (Å²) < 4.78 is 0. The Morgan fingerprint density at radius 1 is 1.05 bits per heavy atom. The van der Waals surface area contributed by atoms with Crippen LogP contribution in [0.4, 0.5) is 5.69 Å². The van der Waals surface area contributed by atoms with Gasteiger partial charge in [0.1, 0.15) is 0 Å². The number of nitrogens with one attached hydrogen (secondary N) is 2. The number of nitrogens with zero attached hydrogens (tertiary/aromatic N) is 1. The maximum atomic E-state index is 6.17. The van der Waals surface area contributed by atoms with E-state index in [1.807, 2.05) is 24.3 Å². The Bertz CT molecular complexity index is 561. The van der Waals surface area contributed by atoms with Crippen molar-refractivity contribution in [1.29, 1.82) is 0 Å². The van der Waals surface area contributed by atoms with Crippen LogP contribution in [0.1, 0.15) is 38.5 Å². The fourth-order valence-corrected chi connectivity index (χ4v) is 4.67. The van der Waals surface area contributed by atoms with Crippen LogP contribution in [0.5, 0.6) is 0 Å². The number of para-hydroxylation sites is 1. The van der Waals surface area contributed by atoms with Crippen molar-refractivity contribution in [3.8, 4) is 0 Å². The largest absolute Gasteiger partial charge is 0.360 e. The maximum Gasteiger partial charge on any atom is 0.171 e. The van der Waals surface area contributed by atoms with Gasteiger partial charge >= 0.3 is 0 Å². The molecule has 0 radical (unpaired) electrons. The summed E-state index contributed by atoms with van der Waals surface area (Å²) >= 11 is 11.6. The molecule has 0 unspecified atom stereocenters. The molecule has 3 aliphatic rings. The number of piperidine rings is 1. The smallest absolute Gasteiger partial charge is 0.171 e. The van der Waals surface area contributed by atoms with Gasteiger partial charge in [-0.2, -0.15) is 0 Å². The van der Waals surface area contributed by atoms with Crippen molar-refractivity contribution in [2.45, 2.75) is 62.7 Å². The Hall–Kier alpha value is -0.840. The van der Waals surface area contributed by atoms with Gasteiger partial charge in [-0.05, 0) is 62.9 Å². The third-order valence-electron chi connectivity index (χ3n) is 5.22. The van der Waals surface area contributed by atoms with Crippen molar-refractivity contribution >= 4 is 34.6 Å². The normalized spacial score (nSPS) is 31.0. The van der Waals surface area contributed by atoms with Gasteiger partial charge in [-0.3, -0.25) is 4.90 Å². The second kappa shape index (κ2) is 5.99. The van der Waals surface area contributed by atoms with Gasteiger partial charge in [-0.1, -0.05) is 23.7 Å². The Morgan fingerprint density at radius 2 is 1.68 bits per heavy atom. The van der Waals surface area contributed by atoms with Crippen molar-refractivity contribution in [1.82, 2.24) is 10.2 Å². The molecular weight excluding hydrogens is 314 g/mol. The number of hydrogen-bond acceptors (Lipinski definition) is 2. The van der Waals surface area contributed by atoms with E-state index >= 15 is 0 Å². The van der Waals surface area contributed by atoms with Crippen molar-refractivity contribution in [3.05, 3.63) is 29.3 Å². The molecular formula is C17H22ClN3S. The monoisotopic (exact) mass is 335 g/mol. The maximum absolute atomic E-state index is 6.17. The molecule has 3 fully saturated rings. The first kappa shape index (κ1) is 14.7. The summed E-state index contributed by atoms with van der Waals surface area (Å²) in [4.78, 5) is 2.81. The van der Waals surface area contributed by atoms with Crippen molar-refractivity contribution in [3.63, 3.8) is 0 Å². The molecule has 2 bridgehead atoms. The lowest BCUT2D eigenvalue weighted by molar-refractivity contribution is 0.114. The topological polar surface area (TPSA) is 27.3 Å². The number of fused-ring (bicyclic) bond motifs is 2. The minimum Gasteiger partial charge on any atom is -0.360 e. The molecule has 22 heavy (non-hydrogen) atoms. The molecule has 0 spiro atoms. The average Bonchev–Trinajstić information content (AvgIpc) is 3.28. The fraction of sp³-hybridized carbons (Fsp3) is 0.588. The Kier molecular flexibility index (Phi) is 4.01. The van der Waals surface area contributed by atoms with Crippen LogP contribution in [0, 0.1) is 0 Å². The second-order valence-electron chi connectivity index (χ2n) is 6.81. The minimum absolute atomic E-state index is 0.495. The van der Waals surface area contributed by atoms with Crippen molar-refractivity contribution in [2.75, 3.05) is 5.32 Å². The molecule has 1 saturated carbocycles. The van der Waals surface area contributed by atoms with E-state index in [0.717, 1.165) is 23.8 Å². The summed E-state index contributed by atoms with van der Waals surface area (Å²) in [5.74, 6) is 0. The van der Waals surface area contributed by atoms with E-state index in [9.17, 15) is 0 Å². The quantitative estimate of drug-likeness (QED) is 0.822. The summed E-state index contributed by atoms with van der Waals surface area (Å²) in [5, 5.41) is 8.13. The predicted molar refractivity (Wildman–Crippen MR) is 95.5 cm³/mol. The van der Waals surface area contributed by atoms with Gasteiger partial charge in [-0.25, -0.2) is 0 Å². The van der Waals surface area contributed by atoms with Crippen LogP contribution in [0.3, 0.4) is 0 Å². The lowest BCUT2D eigenvalue weighted by atomic mass is 9.97. The van der Waals surface area contributed by atoms with Gasteiger partial charge in [0.2, 0.25) is 0 Å². The molecule has 5 heteroatoms. The van der Waals surface area contributed by atoms with E-state index in [-0.39, 0.29) is 0 Å². The molecule has 2 atom stereocenters. The highest BCUT2D eigenvalue weighted by Gasteiger charge is 2.46. The van der Waals surface area contributed by atoms with E-state index in [2.05, 4.69) is 15.5 Å². The average molecular weight is 336 g/mol. The number of halogens is 1. The van der Waals surface area contributed by atoms with Crippen LogP contribution in [0.25, 0.3) is 0 Å². The first-order valence-electron chi connectivity index (χ1n) is 8.30. The van der Waals surface area contributed by atoms with E-state index < -0.39 is 0 Å². The van der Waals surface area contributed by atoms with E-state index in [1.165, 1.54) is 38.5 Å². The highest BCUT2D eigenvalue weighted by Crippen LogP contribution is 2.43. The molecule has 2 heterocycles. The minimum atomic E-state index is 0.495. The number of anilines is 1. The fourth-order valence-electron chi connectivity index (χ4n) is 4.21. The zero-order valence-corrected chi connectivity index (χ0v) is 14.2. The number of benzene rings is 1. The molecule has 0 amide bonds. The Balaban J connectivity index is 1.34. The third-order valence-corrected chi connectivity index (χ3v) is 5.76. The highest BCUT2D eigenvalue weighted by atomic mass is 35.5.